The number of carbonyl (C=O) groups excluding carboxylic acids is 1. The molecule has 1 saturated heterocycles. The van der Waals surface area contributed by atoms with Crippen LogP contribution in [0.4, 0.5) is 0 Å². The molecule has 1 heterocycles. The van der Waals surface area contributed by atoms with Crippen molar-refractivity contribution in [2.24, 2.45) is 0 Å². The van der Waals surface area contributed by atoms with Crippen molar-refractivity contribution in [1.29, 1.82) is 0 Å². The minimum Gasteiger partial charge on any atom is -0.344 e. The van der Waals surface area contributed by atoms with Crippen LogP contribution in [0.5, 0.6) is 0 Å². The van der Waals surface area contributed by atoms with Crippen molar-refractivity contribution in [2.45, 2.75) is 39.0 Å². The largest absolute Gasteiger partial charge is 0.344 e. The maximum Gasteiger partial charge on any atom is 0.222 e. The van der Waals surface area contributed by atoms with Crippen LogP contribution in [0.15, 0.2) is 24.3 Å². The molecule has 1 aliphatic rings. The summed E-state index contributed by atoms with van der Waals surface area (Å²) in [6.45, 7) is 6.36. The number of piperidine rings is 1. The Morgan fingerprint density at radius 3 is 2.48 bits per heavy atom. The number of carbonyl (C=O) groups is 1. The van der Waals surface area contributed by atoms with Gasteiger partial charge in [0.15, 0.2) is 0 Å². The lowest BCUT2D eigenvalue weighted by atomic mass is 10.1. The summed E-state index contributed by atoms with van der Waals surface area (Å²) in [7, 11) is 1.93. The van der Waals surface area contributed by atoms with Crippen LogP contribution in [0.1, 0.15) is 36.8 Å². The fraction of sp³-hybridized carbons (Fsp3) is 0.611. The summed E-state index contributed by atoms with van der Waals surface area (Å²) >= 11 is 0. The lowest BCUT2D eigenvalue weighted by molar-refractivity contribution is -0.130. The Balaban J connectivity index is 1.68. The van der Waals surface area contributed by atoms with Crippen LogP contribution in [0, 0.1) is 6.92 Å². The highest BCUT2D eigenvalue weighted by atomic mass is 16.2. The van der Waals surface area contributed by atoms with Crippen LogP contribution >= 0.6 is 0 Å². The quantitative estimate of drug-likeness (QED) is 0.803. The van der Waals surface area contributed by atoms with E-state index in [9.17, 15) is 4.79 Å². The second-order valence-corrected chi connectivity index (χ2v) is 6.20. The van der Waals surface area contributed by atoms with E-state index in [0.29, 0.717) is 6.42 Å². The van der Waals surface area contributed by atoms with Crippen LogP contribution in [-0.4, -0.2) is 48.9 Å². The Kier molecular flexibility index (Phi) is 6.24. The molecule has 1 aromatic rings. The van der Waals surface area contributed by atoms with Crippen LogP contribution in [-0.2, 0) is 11.2 Å². The molecule has 1 aliphatic heterocycles. The molecule has 0 N–H and O–H groups in total. The second kappa shape index (κ2) is 8.18. The Hall–Kier alpha value is -1.35. The summed E-state index contributed by atoms with van der Waals surface area (Å²) in [5, 5.41) is 0. The highest BCUT2D eigenvalue weighted by Crippen LogP contribution is 2.09. The van der Waals surface area contributed by atoms with E-state index in [1.54, 1.807) is 0 Å². The van der Waals surface area contributed by atoms with Gasteiger partial charge in [-0.2, -0.15) is 0 Å². The molecule has 1 amide bonds. The molecule has 0 aromatic heterocycles. The summed E-state index contributed by atoms with van der Waals surface area (Å²) < 4.78 is 0. The summed E-state index contributed by atoms with van der Waals surface area (Å²) in [5.41, 5.74) is 2.52. The lowest BCUT2D eigenvalue weighted by Gasteiger charge is -2.28. The van der Waals surface area contributed by atoms with E-state index < -0.39 is 0 Å². The standard InChI is InChI=1S/C18H28N2O/c1-16-6-8-17(9-7-16)10-11-18(21)19(2)14-15-20-12-4-3-5-13-20/h6-9H,3-5,10-15H2,1-2H3. The van der Waals surface area contributed by atoms with Gasteiger partial charge in [0.2, 0.25) is 5.91 Å². The van der Waals surface area contributed by atoms with E-state index in [1.165, 1.54) is 43.5 Å². The van der Waals surface area contributed by atoms with Gasteiger partial charge in [-0.05, 0) is 44.8 Å². The molecule has 0 unspecified atom stereocenters. The normalized spacial score (nSPS) is 15.9. The SMILES string of the molecule is Cc1ccc(CCC(=O)N(C)CCN2CCCCC2)cc1. The number of nitrogens with zero attached hydrogens (tertiary/aromatic N) is 2. The summed E-state index contributed by atoms with van der Waals surface area (Å²) in [6.07, 6.45) is 5.44. The predicted octanol–water partition coefficient (Wildman–Crippen LogP) is 2.87. The van der Waals surface area contributed by atoms with Crippen LogP contribution in [0.3, 0.4) is 0 Å². The average molecular weight is 288 g/mol. The predicted molar refractivity (Wildman–Crippen MR) is 87.4 cm³/mol. The molecule has 21 heavy (non-hydrogen) atoms. The van der Waals surface area contributed by atoms with E-state index in [1.807, 2.05) is 11.9 Å². The van der Waals surface area contributed by atoms with Gasteiger partial charge in [0.1, 0.15) is 0 Å². The third kappa shape index (κ3) is 5.50. The minimum absolute atomic E-state index is 0.257. The molecule has 0 spiro atoms. The minimum atomic E-state index is 0.257. The first kappa shape index (κ1) is 16.0. The van der Waals surface area contributed by atoms with Gasteiger partial charge in [0, 0.05) is 26.6 Å². The van der Waals surface area contributed by atoms with Crippen molar-refractivity contribution in [3.8, 4) is 0 Å². The Bertz CT molecular complexity index is 435. The highest BCUT2D eigenvalue weighted by Gasteiger charge is 2.13. The molecule has 1 fully saturated rings. The van der Waals surface area contributed by atoms with Gasteiger partial charge in [-0.1, -0.05) is 36.2 Å². The highest BCUT2D eigenvalue weighted by molar-refractivity contribution is 5.76. The van der Waals surface area contributed by atoms with Gasteiger partial charge in [-0.25, -0.2) is 0 Å². The molecule has 3 heteroatoms. The number of benzene rings is 1. The van der Waals surface area contributed by atoms with Gasteiger partial charge >= 0.3 is 0 Å². The molecule has 0 saturated carbocycles. The van der Waals surface area contributed by atoms with Crippen LogP contribution < -0.4 is 0 Å². The first-order valence-corrected chi connectivity index (χ1v) is 8.17. The number of rotatable bonds is 6. The zero-order valence-electron chi connectivity index (χ0n) is 13.5. The van der Waals surface area contributed by atoms with Crippen molar-refractivity contribution in [3.63, 3.8) is 0 Å². The van der Waals surface area contributed by atoms with E-state index in [2.05, 4.69) is 36.1 Å². The molecule has 2 rings (SSSR count). The summed E-state index contributed by atoms with van der Waals surface area (Å²) in [5.74, 6) is 0.257. The van der Waals surface area contributed by atoms with Crippen molar-refractivity contribution in [1.82, 2.24) is 9.80 Å². The van der Waals surface area contributed by atoms with Crippen molar-refractivity contribution in [3.05, 3.63) is 35.4 Å². The molecule has 116 valence electrons. The lowest BCUT2D eigenvalue weighted by Crippen LogP contribution is -2.38. The summed E-state index contributed by atoms with van der Waals surface area (Å²) in [4.78, 5) is 16.5. The topological polar surface area (TPSA) is 23.6 Å². The zero-order chi connectivity index (χ0) is 15.1. The van der Waals surface area contributed by atoms with Crippen molar-refractivity contribution >= 4 is 5.91 Å². The molecule has 0 radical (unpaired) electrons. The maximum absolute atomic E-state index is 12.2. The number of likely N-dealkylation sites (tertiary alicyclic amines) is 1. The molecule has 3 nitrogen and oxygen atoms in total. The maximum atomic E-state index is 12.2. The molecular formula is C18H28N2O. The van der Waals surface area contributed by atoms with Crippen molar-refractivity contribution < 1.29 is 4.79 Å². The van der Waals surface area contributed by atoms with Gasteiger partial charge in [0.05, 0.1) is 0 Å². The molecule has 0 atom stereocenters. The van der Waals surface area contributed by atoms with Gasteiger partial charge in [-0.3, -0.25) is 4.79 Å². The van der Waals surface area contributed by atoms with Crippen LogP contribution in [0.25, 0.3) is 0 Å². The van der Waals surface area contributed by atoms with Gasteiger partial charge < -0.3 is 9.80 Å². The number of amides is 1. The molecule has 0 bridgehead atoms. The Morgan fingerprint density at radius 2 is 1.81 bits per heavy atom. The van der Waals surface area contributed by atoms with Crippen molar-refractivity contribution in [2.75, 3.05) is 33.2 Å². The molecule has 1 aromatic carbocycles. The van der Waals surface area contributed by atoms with Crippen LogP contribution in [0.2, 0.25) is 0 Å². The van der Waals surface area contributed by atoms with Gasteiger partial charge in [0.25, 0.3) is 0 Å². The van der Waals surface area contributed by atoms with Gasteiger partial charge in [-0.15, -0.1) is 0 Å². The fourth-order valence-electron chi connectivity index (χ4n) is 2.80. The third-order valence-corrected chi connectivity index (χ3v) is 4.37. The van der Waals surface area contributed by atoms with E-state index in [-0.39, 0.29) is 5.91 Å². The average Bonchev–Trinajstić information content (AvgIpc) is 2.52. The first-order valence-electron chi connectivity index (χ1n) is 8.17. The number of hydrogen-bond acceptors (Lipinski definition) is 2. The summed E-state index contributed by atoms with van der Waals surface area (Å²) in [6, 6.07) is 8.46. The smallest absolute Gasteiger partial charge is 0.222 e. The number of aryl methyl sites for hydroxylation is 2. The Morgan fingerprint density at radius 1 is 1.14 bits per heavy atom. The van der Waals surface area contributed by atoms with E-state index in [0.717, 1.165) is 19.5 Å². The Labute approximate surface area is 128 Å². The number of hydrogen-bond donors (Lipinski definition) is 0. The van der Waals surface area contributed by atoms with E-state index in [4.69, 9.17) is 0 Å². The van der Waals surface area contributed by atoms with E-state index >= 15 is 0 Å². The molecule has 0 aliphatic carbocycles. The first-order chi connectivity index (χ1) is 10.1. The molecular weight excluding hydrogens is 260 g/mol. The number of likely N-dealkylation sites (N-methyl/N-ethyl adjacent to an activating group) is 1. The monoisotopic (exact) mass is 288 g/mol. The third-order valence-electron chi connectivity index (χ3n) is 4.37. The zero-order valence-corrected chi connectivity index (χ0v) is 13.5. The second-order valence-electron chi connectivity index (χ2n) is 6.20. The fourth-order valence-corrected chi connectivity index (χ4v) is 2.80.